The van der Waals surface area contributed by atoms with Crippen LogP contribution in [0.4, 0.5) is 0 Å². The van der Waals surface area contributed by atoms with Crippen LogP contribution >= 0.6 is 0 Å². The number of methoxy groups -OCH3 is 1. The highest BCUT2D eigenvalue weighted by molar-refractivity contribution is 5.85. The molecular formula is C15H17NO4. The molecule has 106 valence electrons. The standard InChI is InChI=1S/C15H17NO4/c1-15(2,19-3)9-10-5-4-6-11(7-10)12-8-13(14(17)18)20-16-12/h4-8H,9H2,1-3H3,(H,17,18). The highest BCUT2D eigenvalue weighted by Gasteiger charge is 2.18. The van der Waals surface area contributed by atoms with Crippen LogP contribution in [0.3, 0.4) is 0 Å². The molecule has 1 aromatic carbocycles. The van der Waals surface area contributed by atoms with Crippen molar-refractivity contribution in [3.63, 3.8) is 0 Å². The molecule has 5 heteroatoms. The molecular weight excluding hydrogens is 258 g/mol. The molecule has 0 aliphatic rings. The Morgan fingerprint density at radius 3 is 2.75 bits per heavy atom. The van der Waals surface area contributed by atoms with E-state index < -0.39 is 5.97 Å². The SMILES string of the molecule is COC(C)(C)Cc1cccc(-c2cc(C(=O)O)on2)c1. The number of ether oxygens (including phenoxy) is 1. The van der Waals surface area contributed by atoms with E-state index in [1.807, 2.05) is 38.1 Å². The van der Waals surface area contributed by atoms with Crippen LogP contribution in [0.1, 0.15) is 30.0 Å². The van der Waals surface area contributed by atoms with E-state index >= 15 is 0 Å². The van der Waals surface area contributed by atoms with E-state index in [2.05, 4.69) is 5.16 Å². The number of hydrogen-bond acceptors (Lipinski definition) is 4. The van der Waals surface area contributed by atoms with Crippen molar-refractivity contribution in [2.24, 2.45) is 0 Å². The molecule has 0 amide bonds. The molecule has 2 rings (SSSR count). The molecule has 5 nitrogen and oxygen atoms in total. The lowest BCUT2D eigenvalue weighted by Gasteiger charge is -2.23. The minimum absolute atomic E-state index is 0.164. The summed E-state index contributed by atoms with van der Waals surface area (Å²) in [5.41, 5.74) is 2.17. The van der Waals surface area contributed by atoms with Crippen molar-refractivity contribution in [2.75, 3.05) is 7.11 Å². The third-order valence-electron chi connectivity index (χ3n) is 3.13. The Labute approximate surface area is 117 Å². The molecule has 0 aliphatic heterocycles. The zero-order chi connectivity index (χ0) is 14.8. The zero-order valence-electron chi connectivity index (χ0n) is 11.7. The number of carboxylic acids is 1. The summed E-state index contributed by atoms with van der Waals surface area (Å²) < 4.78 is 10.2. The first-order valence-corrected chi connectivity index (χ1v) is 6.26. The van der Waals surface area contributed by atoms with Gasteiger partial charge in [-0.2, -0.15) is 0 Å². The van der Waals surface area contributed by atoms with Gasteiger partial charge in [-0.3, -0.25) is 0 Å². The number of hydrogen-bond donors (Lipinski definition) is 1. The summed E-state index contributed by atoms with van der Waals surface area (Å²) in [5, 5.41) is 12.6. The number of aromatic nitrogens is 1. The Morgan fingerprint density at radius 1 is 1.40 bits per heavy atom. The summed E-state index contributed by atoms with van der Waals surface area (Å²) in [5.74, 6) is -1.29. The minimum atomic E-state index is -1.12. The highest BCUT2D eigenvalue weighted by Crippen LogP contribution is 2.23. The van der Waals surface area contributed by atoms with E-state index in [-0.39, 0.29) is 11.4 Å². The Kier molecular flexibility index (Phi) is 3.90. The predicted molar refractivity (Wildman–Crippen MR) is 73.7 cm³/mol. The normalized spacial score (nSPS) is 11.6. The van der Waals surface area contributed by atoms with Gasteiger partial charge >= 0.3 is 5.97 Å². The van der Waals surface area contributed by atoms with Crippen LogP contribution in [0, 0.1) is 0 Å². The third-order valence-corrected chi connectivity index (χ3v) is 3.13. The fourth-order valence-electron chi connectivity index (χ4n) is 1.92. The van der Waals surface area contributed by atoms with Gasteiger partial charge in [0.2, 0.25) is 5.76 Å². The van der Waals surface area contributed by atoms with E-state index in [9.17, 15) is 4.79 Å². The Hall–Kier alpha value is -2.14. The molecule has 1 N–H and O–H groups in total. The maximum atomic E-state index is 10.8. The fraction of sp³-hybridized carbons (Fsp3) is 0.333. The van der Waals surface area contributed by atoms with Gasteiger partial charge in [-0.1, -0.05) is 23.4 Å². The molecule has 0 spiro atoms. The van der Waals surface area contributed by atoms with Gasteiger partial charge in [0.25, 0.3) is 0 Å². The van der Waals surface area contributed by atoms with Crippen molar-refractivity contribution < 1.29 is 19.2 Å². The summed E-state index contributed by atoms with van der Waals surface area (Å²) in [6.07, 6.45) is 0.751. The van der Waals surface area contributed by atoms with Crippen molar-refractivity contribution in [1.29, 1.82) is 0 Å². The van der Waals surface area contributed by atoms with E-state index in [4.69, 9.17) is 14.4 Å². The number of rotatable bonds is 5. The second-order valence-electron chi connectivity index (χ2n) is 5.22. The number of carboxylic acid groups (broad SMARTS) is 1. The number of aromatic carboxylic acids is 1. The van der Waals surface area contributed by atoms with E-state index in [0.717, 1.165) is 17.5 Å². The quantitative estimate of drug-likeness (QED) is 0.908. The molecule has 0 radical (unpaired) electrons. The van der Waals surface area contributed by atoms with Crippen molar-refractivity contribution in [2.45, 2.75) is 25.9 Å². The van der Waals surface area contributed by atoms with Crippen molar-refractivity contribution in [3.05, 3.63) is 41.7 Å². The molecule has 0 bridgehead atoms. The zero-order valence-corrected chi connectivity index (χ0v) is 11.7. The van der Waals surface area contributed by atoms with Gasteiger partial charge in [-0.25, -0.2) is 4.79 Å². The lowest BCUT2D eigenvalue weighted by molar-refractivity contribution is 0.0232. The van der Waals surface area contributed by atoms with E-state index in [1.54, 1.807) is 7.11 Å². The summed E-state index contributed by atoms with van der Waals surface area (Å²) in [7, 11) is 1.68. The van der Waals surface area contributed by atoms with Crippen molar-refractivity contribution in [3.8, 4) is 11.3 Å². The van der Waals surface area contributed by atoms with Gasteiger partial charge in [-0.15, -0.1) is 0 Å². The maximum absolute atomic E-state index is 10.8. The molecule has 0 unspecified atom stereocenters. The van der Waals surface area contributed by atoms with Crippen LogP contribution in [0.25, 0.3) is 11.3 Å². The maximum Gasteiger partial charge on any atom is 0.374 e. The van der Waals surface area contributed by atoms with Crippen LogP contribution in [-0.4, -0.2) is 28.9 Å². The molecule has 0 fully saturated rings. The lowest BCUT2D eigenvalue weighted by Crippen LogP contribution is -2.25. The van der Waals surface area contributed by atoms with Gasteiger partial charge in [0.15, 0.2) is 0 Å². The minimum Gasteiger partial charge on any atom is -0.475 e. The molecule has 0 saturated heterocycles. The second-order valence-corrected chi connectivity index (χ2v) is 5.22. The number of carbonyl (C=O) groups is 1. The predicted octanol–water partition coefficient (Wildman–Crippen LogP) is 3.01. The topological polar surface area (TPSA) is 72.6 Å². The average molecular weight is 275 g/mol. The van der Waals surface area contributed by atoms with Crippen LogP contribution in [-0.2, 0) is 11.2 Å². The monoisotopic (exact) mass is 275 g/mol. The number of nitrogens with zero attached hydrogens (tertiary/aromatic N) is 1. The van der Waals surface area contributed by atoms with Gasteiger partial charge in [0.05, 0.1) is 5.60 Å². The molecule has 20 heavy (non-hydrogen) atoms. The van der Waals surface area contributed by atoms with Crippen LogP contribution in [0.15, 0.2) is 34.9 Å². The van der Waals surface area contributed by atoms with Crippen molar-refractivity contribution >= 4 is 5.97 Å². The van der Waals surface area contributed by atoms with Gasteiger partial charge in [0, 0.05) is 25.2 Å². The molecule has 0 saturated carbocycles. The Morgan fingerprint density at radius 2 is 2.15 bits per heavy atom. The fourth-order valence-corrected chi connectivity index (χ4v) is 1.92. The summed E-state index contributed by atoms with van der Waals surface area (Å²) in [4.78, 5) is 10.8. The first-order valence-electron chi connectivity index (χ1n) is 6.26. The summed E-state index contributed by atoms with van der Waals surface area (Å²) in [6, 6.07) is 9.16. The van der Waals surface area contributed by atoms with Crippen LogP contribution in [0.2, 0.25) is 0 Å². The Bertz CT molecular complexity index is 616. The van der Waals surface area contributed by atoms with E-state index in [0.29, 0.717) is 5.69 Å². The molecule has 0 aliphatic carbocycles. The number of benzene rings is 1. The molecule has 0 atom stereocenters. The summed E-state index contributed by atoms with van der Waals surface area (Å²) >= 11 is 0. The van der Waals surface area contributed by atoms with Crippen molar-refractivity contribution in [1.82, 2.24) is 5.16 Å². The molecule has 2 aromatic rings. The molecule has 1 aromatic heterocycles. The first-order chi connectivity index (χ1) is 9.41. The van der Waals surface area contributed by atoms with Gasteiger partial charge < -0.3 is 14.4 Å². The lowest BCUT2D eigenvalue weighted by atomic mass is 9.96. The molecule has 1 heterocycles. The highest BCUT2D eigenvalue weighted by atomic mass is 16.5. The largest absolute Gasteiger partial charge is 0.475 e. The average Bonchev–Trinajstić information content (AvgIpc) is 2.88. The third kappa shape index (κ3) is 3.24. The summed E-state index contributed by atoms with van der Waals surface area (Å²) in [6.45, 7) is 4.02. The smallest absolute Gasteiger partial charge is 0.374 e. The van der Waals surface area contributed by atoms with Gasteiger partial charge in [0.1, 0.15) is 5.69 Å². The van der Waals surface area contributed by atoms with Crippen LogP contribution < -0.4 is 0 Å². The van der Waals surface area contributed by atoms with Crippen LogP contribution in [0.5, 0.6) is 0 Å². The van der Waals surface area contributed by atoms with Gasteiger partial charge in [-0.05, 0) is 25.5 Å². The second kappa shape index (κ2) is 5.46. The Balaban J connectivity index is 2.27. The van der Waals surface area contributed by atoms with E-state index in [1.165, 1.54) is 6.07 Å². The first kappa shape index (κ1) is 14.3.